The number of ether oxygens (including phenoxy) is 1. The van der Waals surface area contributed by atoms with Gasteiger partial charge in [-0.1, -0.05) is 36.2 Å². The van der Waals surface area contributed by atoms with Crippen molar-refractivity contribution >= 4 is 55.7 Å². The number of hydrogen-bond acceptors (Lipinski definition) is 7. The Morgan fingerprint density at radius 2 is 1.87 bits per heavy atom. The van der Waals surface area contributed by atoms with Crippen LogP contribution in [0.3, 0.4) is 0 Å². The first-order valence-electron chi connectivity index (χ1n) is 11.3. The molecule has 13 heteroatoms. The van der Waals surface area contributed by atoms with Crippen LogP contribution >= 0.6 is 23.2 Å². The highest BCUT2D eigenvalue weighted by Crippen LogP contribution is 2.33. The number of carbonyl (C=O) groups excluding carboxylic acids is 1. The van der Waals surface area contributed by atoms with Crippen molar-refractivity contribution in [2.24, 2.45) is 5.92 Å². The third kappa shape index (κ3) is 5.59. The molecule has 0 aliphatic heterocycles. The number of anilines is 1. The maximum atomic E-state index is 13.2. The van der Waals surface area contributed by atoms with Crippen molar-refractivity contribution in [1.82, 2.24) is 19.9 Å². The fourth-order valence-electron chi connectivity index (χ4n) is 3.82. The van der Waals surface area contributed by atoms with E-state index in [1.165, 1.54) is 55.5 Å². The van der Waals surface area contributed by atoms with E-state index in [9.17, 15) is 18.0 Å². The van der Waals surface area contributed by atoms with Crippen LogP contribution in [0.1, 0.15) is 6.92 Å². The Hall–Kier alpha value is -3.67. The van der Waals surface area contributed by atoms with Gasteiger partial charge in [-0.05, 0) is 42.0 Å². The first-order chi connectivity index (χ1) is 18.0. The maximum absolute atomic E-state index is 13.2. The number of fused-ring (bicyclic) bond motifs is 1. The third-order valence-corrected chi connectivity index (χ3v) is 7.88. The molecule has 1 atom stereocenters. The number of pyridine rings is 1. The molecule has 0 saturated carbocycles. The lowest BCUT2D eigenvalue weighted by Crippen LogP contribution is -2.32. The summed E-state index contributed by atoms with van der Waals surface area (Å²) in [4.78, 5) is 33.4. The summed E-state index contributed by atoms with van der Waals surface area (Å²) in [7, 11) is -1.26. The second-order valence-corrected chi connectivity index (χ2v) is 10.9. The van der Waals surface area contributed by atoms with E-state index in [-0.39, 0.29) is 44.5 Å². The second kappa shape index (κ2) is 11.0. The summed E-state index contributed by atoms with van der Waals surface area (Å²) in [5, 5.41) is 3.09. The average Bonchev–Trinajstić information content (AvgIpc) is 2.90. The van der Waals surface area contributed by atoms with Gasteiger partial charge in [-0.15, -0.1) is 0 Å². The van der Waals surface area contributed by atoms with Crippen molar-refractivity contribution in [1.29, 1.82) is 0 Å². The van der Waals surface area contributed by atoms with Gasteiger partial charge in [0.05, 0.1) is 35.3 Å². The highest BCUT2D eigenvalue weighted by Gasteiger charge is 2.22. The molecule has 2 heterocycles. The van der Waals surface area contributed by atoms with E-state index in [0.29, 0.717) is 22.0 Å². The quantitative estimate of drug-likeness (QED) is 0.325. The number of methoxy groups -OCH3 is 1. The van der Waals surface area contributed by atoms with Gasteiger partial charge in [0.2, 0.25) is 11.8 Å². The summed E-state index contributed by atoms with van der Waals surface area (Å²) < 4.78 is 35.3. The van der Waals surface area contributed by atoms with Crippen LogP contribution in [-0.2, 0) is 21.4 Å². The Morgan fingerprint density at radius 1 is 1.11 bits per heavy atom. The zero-order valence-electron chi connectivity index (χ0n) is 20.5. The number of amides is 1. The van der Waals surface area contributed by atoms with Crippen molar-refractivity contribution in [2.75, 3.05) is 18.9 Å². The van der Waals surface area contributed by atoms with Crippen LogP contribution in [0.2, 0.25) is 10.0 Å². The summed E-state index contributed by atoms with van der Waals surface area (Å²) in [6, 6.07) is 10.7. The molecule has 0 aliphatic carbocycles. The number of aromatic nitrogens is 3. The largest absolute Gasteiger partial charge is 0.480 e. The molecule has 10 nitrogen and oxygen atoms in total. The van der Waals surface area contributed by atoms with Gasteiger partial charge in [0, 0.05) is 30.4 Å². The van der Waals surface area contributed by atoms with Gasteiger partial charge >= 0.3 is 0 Å². The average molecular weight is 576 g/mol. The molecule has 0 fully saturated rings. The third-order valence-electron chi connectivity index (χ3n) is 5.79. The van der Waals surface area contributed by atoms with Crippen LogP contribution < -0.4 is 20.3 Å². The molecule has 0 spiro atoms. The molecule has 4 aromatic rings. The van der Waals surface area contributed by atoms with E-state index in [2.05, 4.69) is 20.0 Å². The second-order valence-electron chi connectivity index (χ2n) is 8.41. The fraction of sp³-hybridized carbons (Fsp3) is 0.200. The smallest absolute Gasteiger partial charge is 0.263 e. The monoisotopic (exact) mass is 575 g/mol. The van der Waals surface area contributed by atoms with Gasteiger partial charge in [-0.25, -0.2) is 18.4 Å². The molecule has 0 aliphatic rings. The number of nitrogens with one attached hydrogen (secondary N) is 2. The zero-order valence-corrected chi connectivity index (χ0v) is 22.9. The van der Waals surface area contributed by atoms with Crippen molar-refractivity contribution in [3.05, 3.63) is 75.4 Å². The zero-order chi connectivity index (χ0) is 27.6. The number of sulfonamides is 1. The van der Waals surface area contributed by atoms with Crippen LogP contribution in [0.25, 0.3) is 22.0 Å². The lowest BCUT2D eigenvalue weighted by atomic mass is 10.0. The lowest BCUT2D eigenvalue weighted by Gasteiger charge is -2.14. The van der Waals surface area contributed by atoms with Crippen LogP contribution in [0.4, 0.5) is 5.69 Å². The SMILES string of the molecule is CNC(=O)[C@H](C)Cn1cnc2ccc(-c3cnc(OC)c(NS(=O)(=O)c4cc(Cl)ccc4Cl)c3)cc2c1=O. The maximum Gasteiger partial charge on any atom is 0.263 e. The Kier molecular flexibility index (Phi) is 7.91. The fourth-order valence-corrected chi connectivity index (χ4v) is 5.63. The molecule has 0 bridgehead atoms. The molecule has 1 amide bonds. The molecule has 4 rings (SSSR count). The van der Waals surface area contributed by atoms with E-state index in [4.69, 9.17) is 27.9 Å². The number of carbonyl (C=O) groups is 1. The minimum Gasteiger partial charge on any atom is -0.480 e. The number of benzene rings is 2. The normalized spacial score (nSPS) is 12.2. The van der Waals surface area contributed by atoms with Gasteiger partial charge in [0.15, 0.2) is 0 Å². The van der Waals surface area contributed by atoms with Crippen LogP contribution in [-0.4, -0.2) is 43.0 Å². The molecule has 2 aromatic heterocycles. The Labute approximate surface area is 228 Å². The molecule has 0 unspecified atom stereocenters. The molecule has 198 valence electrons. The molecular formula is C25H23Cl2N5O5S. The highest BCUT2D eigenvalue weighted by molar-refractivity contribution is 7.92. The summed E-state index contributed by atoms with van der Waals surface area (Å²) in [6.07, 6.45) is 2.90. The summed E-state index contributed by atoms with van der Waals surface area (Å²) in [6.45, 7) is 1.88. The van der Waals surface area contributed by atoms with Crippen LogP contribution in [0, 0.1) is 5.92 Å². The van der Waals surface area contributed by atoms with Gasteiger partial charge in [-0.2, -0.15) is 0 Å². The van der Waals surface area contributed by atoms with Crippen molar-refractivity contribution < 1.29 is 17.9 Å². The van der Waals surface area contributed by atoms with Gasteiger partial charge < -0.3 is 10.1 Å². The summed E-state index contributed by atoms with van der Waals surface area (Å²) >= 11 is 12.1. The molecule has 38 heavy (non-hydrogen) atoms. The first-order valence-corrected chi connectivity index (χ1v) is 13.5. The van der Waals surface area contributed by atoms with E-state index in [1.807, 2.05) is 0 Å². The molecule has 0 radical (unpaired) electrons. The molecule has 2 aromatic carbocycles. The minimum atomic E-state index is -4.15. The molecule has 0 saturated heterocycles. The first kappa shape index (κ1) is 27.4. The molecular weight excluding hydrogens is 553 g/mol. The Morgan fingerprint density at radius 3 is 2.58 bits per heavy atom. The van der Waals surface area contributed by atoms with Crippen molar-refractivity contribution in [3.63, 3.8) is 0 Å². The number of hydrogen-bond donors (Lipinski definition) is 2. The summed E-state index contributed by atoms with van der Waals surface area (Å²) in [5.74, 6) is -0.595. The van der Waals surface area contributed by atoms with Gasteiger partial charge in [0.1, 0.15) is 10.6 Å². The van der Waals surface area contributed by atoms with E-state index < -0.39 is 15.9 Å². The number of halogens is 2. The van der Waals surface area contributed by atoms with Gasteiger partial charge in [0.25, 0.3) is 15.6 Å². The number of rotatable bonds is 8. The van der Waals surface area contributed by atoms with Crippen LogP contribution in [0.15, 0.2) is 64.7 Å². The Balaban J connectivity index is 1.74. The van der Waals surface area contributed by atoms with Crippen LogP contribution in [0.5, 0.6) is 5.88 Å². The predicted octanol–water partition coefficient (Wildman–Crippen LogP) is 3.96. The standard InChI is InChI=1S/C25H23Cl2N5O5S/c1-14(23(33)28-2)12-32-13-30-20-7-4-15(8-18(20)25(32)34)16-9-21(24(37-3)29-11-16)31-38(35,36)22-10-17(26)5-6-19(22)27/h4-11,13-14,31H,12H2,1-3H3,(H,28,33)/t14-/m1/s1. The van der Waals surface area contributed by atoms with Crippen molar-refractivity contribution in [2.45, 2.75) is 18.4 Å². The Bertz CT molecular complexity index is 1710. The minimum absolute atomic E-state index is 0.00553. The van der Waals surface area contributed by atoms with E-state index >= 15 is 0 Å². The van der Waals surface area contributed by atoms with E-state index in [0.717, 1.165) is 0 Å². The topological polar surface area (TPSA) is 132 Å². The highest BCUT2D eigenvalue weighted by atomic mass is 35.5. The number of nitrogens with zero attached hydrogens (tertiary/aromatic N) is 3. The van der Waals surface area contributed by atoms with Gasteiger partial charge in [-0.3, -0.25) is 18.9 Å². The summed E-state index contributed by atoms with van der Waals surface area (Å²) in [5.41, 5.74) is 1.32. The lowest BCUT2D eigenvalue weighted by molar-refractivity contribution is -0.124. The predicted molar refractivity (Wildman–Crippen MR) is 146 cm³/mol. The van der Waals surface area contributed by atoms with E-state index in [1.54, 1.807) is 25.1 Å². The molecule has 2 N–H and O–H groups in total. The van der Waals surface area contributed by atoms with Crippen molar-refractivity contribution in [3.8, 4) is 17.0 Å².